The van der Waals surface area contributed by atoms with Crippen LogP contribution in [-0.4, -0.2) is 32.2 Å². The van der Waals surface area contributed by atoms with Crippen molar-refractivity contribution in [2.75, 3.05) is 26.3 Å². The second-order valence-electron chi connectivity index (χ2n) is 5.49. The van der Waals surface area contributed by atoms with Crippen molar-refractivity contribution >= 4 is 5.91 Å². The molecule has 0 saturated carbocycles. The van der Waals surface area contributed by atoms with Crippen LogP contribution in [-0.2, 0) is 4.79 Å². The van der Waals surface area contributed by atoms with Gasteiger partial charge in [-0.3, -0.25) is 4.79 Å². The Morgan fingerprint density at radius 3 is 2.68 bits per heavy atom. The van der Waals surface area contributed by atoms with Gasteiger partial charge in [-0.1, -0.05) is 6.07 Å². The summed E-state index contributed by atoms with van der Waals surface area (Å²) in [5.41, 5.74) is 1.02. The Balaban J connectivity index is 2.06. The average molecular weight is 306 g/mol. The fourth-order valence-electron chi connectivity index (χ4n) is 2.63. The lowest BCUT2D eigenvalue weighted by Gasteiger charge is -2.19. The summed E-state index contributed by atoms with van der Waals surface area (Å²) in [4.78, 5) is 12.2. The Labute approximate surface area is 132 Å². The first kappa shape index (κ1) is 16.6. The molecule has 1 aliphatic heterocycles. The van der Waals surface area contributed by atoms with Gasteiger partial charge in [0.15, 0.2) is 11.5 Å². The van der Waals surface area contributed by atoms with E-state index in [9.17, 15) is 4.79 Å². The minimum Gasteiger partial charge on any atom is -0.490 e. The van der Waals surface area contributed by atoms with E-state index in [1.807, 2.05) is 39.0 Å². The molecule has 5 heteroatoms. The third-order valence-electron chi connectivity index (χ3n) is 3.86. The van der Waals surface area contributed by atoms with Crippen LogP contribution in [0.1, 0.15) is 38.8 Å². The predicted octanol–water partition coefficient (Wildman–Crippen LogP) is 2.27. The maximum atomic E-state index is 12.2. The third-order valence-corrected chi connectivity index (χ3v) is 3.86. The Morgan fingerprint density at radius 1 is 1.32 bits per heavy atom. The summed E-state index contributed by atoms with van der Waals surface area (Å²) >= 11 is 0. The van der Waals surface area contributed by atoms with Gasteiger partial charge in [0.1, 0.15) is 0 Å². The number of hydrogen-bond donors (Lipinski definition) is 2. The molecule has 2 atom stereocenters. The number of rotatable bonds is 7. The summed E-state index contributed by atoms with van der Waals surface area (Å²) in [6.45, 7) is 8.75. The van der Waals surface area contributed by atoms with Crippen LogP contribution in [0.15, 0.2) is 18.2 Å². The van der Waals surface area contributed by atoms with E-state index in [2.05, 4.69) is 10.6 Å². The van der Waals surface area contributed by atoms with Gasteiger partial charge in [-0.15, -0.1) is 0 Å². The van der Waals surface area contributed by atoms with Crippen LogP contribution in [0, 0.1) is 5.92 Å². The van der Waals surface area contributed by atoms with E-state index in [1.54, 1.807) is 0 Å². The lowest BCUT2D eigenvalue weighted by atomic mass is 10.0. The van der Waals surface area contributed by atoms with Crippen molar-refractivity contribution in [1.82, 2.24) is 10.6 Å². The first-order valence-corrected chi connectivity index (χ1v) is 8.06. The molecule has 0 aromatic heterocycles. The van der Waals surface area contributed by atoms with Gasteiger partial charge in [0.2, 0.25) is 5.91 Å². The van der Waals surface area contributed by atoms with Gasteiger partial charge >= 0.3 is 0 Å². The average Bonchev–Trinajstić information content (AvgIpc) is 3.04. The summed E-state index contributed by atoms with van der Waals surface area (Å²) < 4.78 is 11.2. The van der Waals surface area contributed by atoms with Crippen molar-refractivity contribution in [3.8, 4) is 11.5 Å². The first-order chi connectivity index (χ1) is 10.7. The molecule has 2 N–H and O–H groups in total. The largest absolute Gasteiger partial charge is 0.490 e. The van der Waals surface area contributed by atoms with Crippen molar-refractivity contribution in [3.63, 3.8) is 0 Å². The first-order valence-electron chi connectivity index (χ1n) is 8.06. The van der Waals surface area contributed by atoms with Crippen molar-refractivity contribution in [2.24, 2.45) is 5.92 Å². The second kappa shape index (κ2) is 8.03. The fourth-order valence-corrected chi connectivity index (χ4v) is 2.63. The van der Waals surface area contributed by atoms with Crippen LogP contribution in [0.4, 0.5) is 0 Å². The molecule has 1 aromatic carbocycles. The molecule has 22 heavy (non-hydrogen) atoms. The Morgan fingerprint density at radius 2 is 2.05 bits per heavy atom. The molecular weight excluding hydrogens is 280 g/mol. The van der Waals surface area contributed by atoms with Crippen LogP contribution in [0.5, 0.6) is 11.5 Å². The van der Waals surface area contributed by atoms with Gasteiger partial charge in [-0.05, 0) is 51.4 Å². The van der Waals surface area contributed by atoms with Crippen molar-refractivity contribution in [2.45, 2.75) is 33.2 Å². The van der Waals surface area contributed by atoms with E-state index < -0.39 is 0 Å². The zero-order valence-electron chi connectivity index (χ0n) is 13.6. The third kappa shape index (κ3) is 4.13. The van der Waals surface area contributed by atoms with Gasteiger partial charge < -0.3 is 20.1 Å². The monoisotopic (exact) mass is 306 g/mol. The predicted molar refractivity (Wildman–Crippen MR) is 86.3 cm³/mol. The molecule has 2 unspecified atom stereocenters. The van der Waals surface area contributed by atoms with Crippen molar-refractivity contribution in [3.05, 3.63) is 23.8 Å². The molecule has 122 valence electrons. The van der Waals surface area contributed by atoms with Crippen LogP contribution >= 0.6 is 0 Å². The number of hydrogen-bond acceptors (Lipinski definition) is 4. The van der Waals surface area contributed by atoms with Gasteiger partial charge in [0.05, 0.1) is 25.2 Å². The molecule has 1 aliphatic rings. The molecule has 0 spiro atoms. The van der Waals surface area contributed by atoms with E-state index in [0.717, 1.165) is 36.6 Å². The van der Waals surface area contributed by atoms with Gasteiger partial charge in [-0.2, -0.15) is 0 Å². The highest BCUT2D eigenvalue weighted by Crippen LogP contribution is 2.30. The molecule has 0 radical (unpaired) electrons. The number of nitrogens with one attached hydrogen (secondary N) is 2. The fraction of sp³-hybridized carbons (Fsp3) is 0.588. The molecule has 1 amide bonds. The molecule has 5 nitrogen and oxygen atoms in total. The van der Waals surface area contributed by atoms with E-state index in [0.29, 0.717) is 13.2 Å². The molecule has 1 aromatic rings. The molecule has 0 bridgehead atoms. The van der Waals surface area contributed by atoms with Crippen LogP contribution in [0.2, 0.25) is 0 Å². The highest BCUT2D eigenvalue weighted by atomic mass is 16.5. The normalized spacial score (nSPS) is 18.8. The molecule has 1 saturated heterocycles. The van der Waals surface area contributed by atoms with Crippen molar-refractivity contribution in [1.29, 1.82) is 0 Å². The summed E-state index contributed by atoms with van der Waals surface area (Å²) in [7, 11) is 0. The number of carbonyl (C=O) groups excluding carboxylic acids is 1. The van der Waals surface area contributed by atoms with Crippen molar-refractivity contribution < 1.29 is 14.3 Å². The quantitative estimate of drug-likeness (QED) is 0.811. The summed E-state index contributed by atoms with van der Waals surface area (Å²) in [5.74, 6) is 1.66. The minimum atomic E-state index is -0.0528. The zero-order valence-corrected chi connectivity index (χ0v) is 13.6. The maximum absolute atomic E-state index is 12.2. The maximum Gasteiger partial charge on any atom is 0.224 e. The van der Waals surface area contributed by atoms with E-state index >= 15 is 0 Å². The topological polar surface area (TPSA) is 59.6 Å². The lowest BCUT2D eigenvalue weighted by molar-refractivity contribution is -0.125. The standard InChI is InChI=1S/C17H26N2O3/c1-4-21-15-7-6-13(10-16(15)22-5-2)12(3)19-17(20)14-8-9-18-11-14/h6-7,10,12,14,18H,4-5,8-9,11H2,1-3H3,(H,19,20). The van der Waals surface area contributed by atoms with E-state index in [-0.39, 0.29) is 17.9 Å². The minimum absolute atomic E-state index is 0.0528. The Hall–Kier alpha value is -1.75. The number of ether oxygens (including phenoxy) is 2. The SMILES string of the molecule is CCOc1ccc(C(C)NC(=O)C2CCNC2)cc1OCC. The van der Waals surface area contributed by atoms with Crippen LogP contribution < -0.4 is 20.1 Å². The smallest absolute Gasteiger partial charge is 0.224 e. The van der Waals surface area contributed by atoms with Crippen LogP contribution in [0.3, 0.4) is 0 Å². The van der Waals surface area contributed by atoms with Gasteiger partial charge in [-0.25, -0.2) is 0 Å². The number of amides is 1. The molecule has 0 aliphatic carbocycles. The highest BCUT2D eigenvalue weighted by Gasteiger charge is 2.24. The van der Waals surface area contributed by atoms with Crippen LogP contribution in [0.25, 0.3) is 0 Å². The number of benzene rings is 1. The highest BCUT2D eigenvalue weighted by molar-refractivity contribution is 5.79. The van der Waals surface area contributed by atoms with Gasteiger partial charge in [0.25, 0.3) is 0 Å². The molecule has 2 rings (SSSR count). The number of carbonyl (C=O) groups is 1. The van der Waals surface area contributed by atoms with E-state index in [1.165, 1.54) is 0 Å². The summed E-state index contributed by atoms with van der Waals surface area (Å²) in [6, 6.07) is 5.78. The molecule has 1 fully saturated rings. The van der Waals surface area contributed by atoms with Gasteiger partial charge in [0, 0.05) is 6.54 Å². The second-order valence-corrected chi connectivity index (χ2v) is 5.49. The molecule has 1 heterocycles. The summed E-state index contributed by atoms with van der Waals surface area (Å²) in [6.07, 6.45) is 0.909. The summed E-state index contributed by atoms with van der Waals surface area (Å²) in [5, 5.41) is 6.30. The zero-order chi connectivity index (χ0) is 15.9. The van der Waals surface area contributed by atoms with E-state index in [4.69, 9.17) is 9.47 Å². The lowest BCUT2D eigenvalue weighted by Crippen LogP contribution is -2.33. The molecular formula is C17H26N2O3. The Bertz CT molecular complexity index is 499. The Kier molecular flexibility index (Phi) is 6.07.